The number of nitrogens with one attached hydrogen (secondary N) is 2. The lowest BCUT2D eigenvalue weighted by molar-refractivity contribution is -0.130. The zero-order valence-electron chi connectivity index (χ0n) is 17.3. The number of hydrogen-bond donors (Lipinski definition) is 2. The lowest BCUT2D eigenvalue weighted by atomic mass is 9.78. The van der Waals surface area contributed by atoms with E-state index in [2.05, 4.69) is 26.6 Å². The fourth-order valence-electron chi connectivity index (χ4n) is 4.51. The van der Waals surface area contributed by atoms with Crippen LogP contribution in [0.4, 0.5) is 11.4 Å². The number of carbonyl (C=O) groups is 1. The average Bonchev–Trinajstić information content (AvgIpc) is 2.75. The van der Waals surface area contributed by atoms with Crippen molar-refractivity contribution in [1.29, 1.82) is 0 Å². The van der Waals surface area contributed by atoms with E-state index in [-0.39, 0.29) is 5.91 Å². The largest absolute Gasteiger partial charge is 0.467 e. The van der Waals surface area contributed by atoms with Crippen molar-refractivity contribution >= 4 is 73.7 Å². The second kappa shape index (κ2) is 8.47. The van der Waals surface area contributed by atoms with E-state index in [1.54, 1.807) is 30.3 Å². The predicted octanol–water partition coefficient (Wildman–Crippen LogP) is 6.56. The van der Waals surface area contributed by atoms with Gasteiger partial charge in [0, 0.05) is 31.5 Å². The molecule has 9 heteroatoms. The molecule has 3 atom stereocenters. The van der Waals surface area contributed by atoms with Crippen LogP contribution in [0.2, 0.25) is 10.0 Å². The van der Waals surface area contributed by atoms with E-state index in [1.165, 1.54) is 0 Å². The molecule has 5 nitrogen and oxygen atoms in total. The second-order valence-electron chi connectivity index (χ2n) is 8.06. The summed E-state index contributed by atoms with van der Waals surface area (Å²) < 4.78 is 7.44. The zero-order valence-corrected chi connectivity index (χ0v) is 21.2. The monoisotopic (exact) mass is 561 g/mol. The summed E-state index contributed by atoms with van der Waals surface area (Å²) in [6, 6.07) is 19.7. The first-order chi connectivity index (χ1) is 15.8. The SMILES string of the molecule is C[C@]12Oc3ccc(Cl)cc3[C@@H](NC(=S)N1c1cccc(Br)c1)[C@@H]2C(=O)Nc1ccc(Cl)cc1. The third-order valence-electron chi connectivity index (χ3n) is 5.92. The smallest absolute Gasteiger partial charge is 0.236 e. The topological polar surface area (TPSA) is 53.6 Å². The Morgan fingerprint density at radius 1 is 1.12 bits per heavy atom. The van der Waals surface area contributed by atoms with Gasteiger partial charge in [-0.05, 0) is 79.8 Å². The summed E-state index contributed by atoms with van der Waals surface area (Å²) in [4.78, 5) is 15.6. The molecule has 0 aliphatic carbocycles. The number of benzene rings is 3. The summed E-state index contributed by atoms with van der Waals surface area (Å²) in [6.45, 7) is 1.89. The van der Waals surface area contributed by atoms with Crippen molar-refractivity contribution in [2.24, 2.45) is 5.92 Å². The Hall–Kier alpha value is -2.32. The molecule has 0 radical (unpaired) electrons. The van der Waals surface area contributed by atoms with Gasteiger partial charge < -0.3 is 15.4 Å². The molecule has 0 unspecified atom stereocenters. The van der Waals surface area contributed by atoms with Gasteiger partial charge in [-0.25, -0.2) is 0 Å². The highest BCUT2D eigenvalue weighted by atomic mass is 79.9. The van der Waals surface area contributed by atoms with Crippen LogP contribution in [0.3, 0.4) is 0 Å². The summed E-state index contributed by atoms with van der Waals surface area (Å²) in [5.74, 6) is -0.229. The van der Waals surface area contributed by atoms with Crippen LogP contribution in [0.15, 0.2) is 71.2 Å². The highest BCUT2D eigenvalue weighted by Gasteiger charge is 2.59. The molecule has 0 aromatic heterocycles. The Kier molecular flexibility index (Phi) is 5.77. The summed E-state index contributed by atoms with van der Waals surface area (Å²) in [7, 11) is 0. The van der Waals surface area contributed by atoms with Gasteiger partial charge in [0.1, 0.15) is 11.7 Å². The Labute approximate surface area is 215 Å². The van der Waals surface area contributed by atoms with Gasteiger partial charge in [-0.15, -0.1) is 0 Å². The molecule has 2 heterocycles. The number of halogens is 3. The molecule has 1 saturated heterocycles. The van der Waals surface area contributed by atoms with E-state index >= 15 is 0 Å². The summed E-state index contributed by atoms with van der Waals surface area (Å²) in [5.41, 5.74) is 1.11. The molecule has 2 bridgehead atoms. The predicted molar refractivity (Wildman–Crippen MR) is 139 cm³/mol. The second-order valence-corrected chi connectivity index (χ2v) is 10.2. The maximum absolute atomic E-state index is 13.7. The van der Waals surface area contributed by atoms with Gasteiger partial charge in [-0.1, -0.05) is 45.2 Å². The highest BCUT2D eigenvalue weighted by molar-refractivity contribution is 9.10. The van der Waals surface area contributed by atoms with Crippen molar-refractivity contribution in [2.45, 2.75) is 18.7 Å². The number of amides is 1. The summed E-state index contributed by atoms with van der Waals surface area (Å²) in [5, 5.41) is 7.99. The molecule has 3 aromatic carbocycles. The fourth-order valence-corrected chi connectivity index (χ4v) is 5.62. The maximum Gasteiger partial charge on any atom is 0.236 e. The van der Waals surface area contributed by atoms with E-state index in [0.29, 0.717) is 26.6 Å². The van der Waals surface area contributed by atoms with Gasteiger partial charge in [0.2, 0.25) is 5.91 Å². The van der Waals surface area contributed by atoms with Crippen LogP contribution >= 0.6 is 51.3 Å². The number of rotatable bonds is 3. The van der Waals surface area contributed by atoms with Crippen molar-refractivity contribution in [3.8, 4) is 5.75 Å². The Bertz CT molecular complexity index is 1270. The molecule has 0 saturated carbocycles. The van der Waals surface area contributed by atoms with Crippen molar-refractivity contribution in [3.05, 3.63) is 86.8 Å². The molecule has 168 valence electrons. The van der Waals surface area contributed by atoms with Gasteiger partial charge in [0.05, 0.1) is 6.04 Å². The van der Waals surface area contributed by atoms with Crippen LogP contribution in [-0.4, -0.2) is 16.7 Å². The van der Waals surface area contributed by atoms with Gasteiger partial charge in [0.25, 0.3) is 0 Å². The molecule has 0 spiro atoms. The number of thiocarbonyl (C=S) groups is 1. The van der Waals surface area contributed by atoms with Crippen LogP contribution in [0.5, 0.6) is 5.75 Å². The lowest BCUT2D eigenvalue weighted by Crippen LogP contribution is -2.72. The minimum absolute atomic E-state index is 0.217. The highest BCUT2D eigenvalue weighted by Crippen LogP contribution is 2.50. The molecule has 3 aromatic rings. The molecule has 1 fully saturated rings. The average molecular weight is 563 g/mol. The minimum Gasteiger partial charge on any atom is -0.467 e. The molecule has 1 amide bonds. The van der Waals surface area contributed by atoms with Gasteiger partial charge in [0.15, 0.2) is 10.8 Å². The first kappa shape index (κ1) is 22.5. The molecule has 2 N–H and O–H groups in total. The quantitative estimate of drug-likeness (QED) is 0.354. The summed E-state index contributed by atoms with van der Waals surface area (Å²) in [6.07, 6.45) is 0. The zero-order chi connectivity index (χ0) is 23.3. The number of nitrogens with zero attached hydrogens (tertiary/aromatic N) is 1. The van der Waals surface area contributed by atoms with Crippen molar-refractivity contribution in [1.82, 2.24) is 5.32 Å². The number of anilines is 2. The first-order valence-electron chi connectivity index (χ1n) is 10.2. The van der Waals surface area contributed by atoms with Crippen molar-refractivity contribution < 1.29 is 9.53 Å². The van der Waals surface area contributed by atoms with Gasteiger partial charge in [-0.2, -0.15) is 0 Å². The van der Waals surface area contributed by atoms with E-state index in [1.807, 2.05) is 48.2 Å². The van der Waals surface area contributed by atoms with E-state index in [9.17, 15) is 4.79 Å². The fraction of sp³-hybridized carbons (Fsp3) is 0.167. The third-order valence-corrected chi connectivity index (χ3v) is 7.20. The number of ether oxygens (including phenoxy) is 1. The number of hydrogen-bond acceptors (Lipinski definition) is 3. The van der Waals surface area contributed by atoms with Gasteiger partial charge in [-0.3, -0.25) is 9.69 Å². The Morgan fingerprint density at radius 2 is 1.85 bits per heavy atom. The molecular weight excluding hydrogens is 545 g/mol. The third kappa shape index (κ3) is 3.97. The maximum atomic E-state index is 13.7. The normalized spacial score (nSPS) is 23.3. The Morgan fingerprint density at radius 3 is 2.58 bits per heavy atom. The van der Waals surface area contributed by atoms with Gasteiger partial charge >= 0.3 is 0 Å². The molecule has 2 aliphatic heterocycles. The lowest BCUT2D eigenvalue weighted by Gasteiger charge is -2.56. The molecule has 2 aliphatic rings. The van der Waals surface area contributed by atoms with Crippen LogP contribution in [0, 0.1) is 5.92 Å². The first-order valence-corrected chi connectivity index (χ1v) is 12.1. The van der Waals surface area contributed by atoms with Crippen molar-refractivity contribution in [3.63, 3.8) is 0 Å². The van der Waals surface area contributed by atoms with E-state index in [0.717, 1.165) is 15.7 Å². The molecule has 5 rings (SSSR count). The van der Waals surface area contributed by atoms with Crippen LogP contribution in [-0.2, 0) is 4.79 Å². The van der Waals surface area contributed by atoms with Crippen LogP contribution in [0.1, 0.15) is 18.5 Å². The standard InChI is InChI=1S/C24H18BrCl2N3O2S/c1-24-20(22(31)28-16-8-5-14(26)6-9-16)21(18-12-15(27)7-10-19(18)32-24)29-23(33)30(24)17-4-2-3-13(25)11-17/h2-12,20-21H,1H3,(H,28,31)(H,29,33)/t20-,21-,24-/m1/s1. The van der Waals surface area contributed by atoms with Crippen LogP contribution < -0.4 is 20.3 Å². The van der Waals surface area contributed by atoms with Crippen molar-refractivity contribution in [2.75, 3.05) is 10.2 Å². The Balaban J connectivity index is 1.63. The molecular formula is C24H18BrCl2N3O2S. The van der Waals surface area contributed by atoms with Crippen LogP contribution in [0.25, 0.3) is 0 Å². The number of carbonyl (C=O) groups excluding carboxylic acids is 1. The van der Waals surface area contributed by atoms with E-state index in [4.69, 9.17) is 40.2 Å². The molecule has 33 heavy (non-hydrogen) atoms. The summed E-state index contributed by atoms with van der Waals surface area (Å²) >= 11 is 21.6. The minimum atomic E-state index is -1.11. The van der Waals surface area contributed by atoms with E-state index < -0.39 is 17.7 Å². The number of fused-ring (bicyclic) bond motifs is 4.